The number of carbonyl (C=O) groups is 2. The lowest BCUT2D eigenvalue weighted by molar-refractivity contribution is -0.145. The highest BCUT2D eigenvalue weighted by molar-refractivity contribution is 6.07. The number of rotatable bonds is 3. The molecule has 0 radical (unpaired) electrons. The maximum Gasteiger partial charge on any atom is 0.339 e. The Morgan fingerprint density at radius 3 is 2.40 bits per heavy atom. The third-order valence-corrected chi connectivity index (χ3v) is 3.24. The van der Waals surface area contributed by atoms with E-state index in [9.17, 15) is 14.7 Å². The van der Waals surface area contributed by atoms with Crippen LogP contribution in [0.15, 0.2) is 47.6 Å². The van der Waals surface area contributed by atoms with Gasteiger partial charge >= 0.3 is 11.9 Å². The van der Waals surface area contributed by atoms with Gasteiger partial charge in [-0.3, -0.25) is 0 Å². The molecule has 0 unspecified atom stereocenters. The number of carboxylic acid groups (broad SMARTS) is 1. The lowest BCUT2D eigenvalue weighted by Crippen LogP contribution is -2.27. The van der Waals surface area contributed by atoms with Crippen molar-refractivity contribution >= 4 is 17.5 Å². The van der Waals surface area contributed by atoms with Gasteiger partial charge in [-0.05, 0) is 38.0 Å². The highest BCUT2D eigenvalue weighted by atomic mass is 16.6. The van der Waals surface area contributed by atoms with Crippen molar-refractivity contribution in [3.63, 3.8) is 0 Å². The molecule has 0 aromatic heterocycles. The third kappa shape index (κ3) is 2.50. The molecule has 2 rings (SSSR count). The molecule has 4 nitrogen and oxygen atoms in total. The number of hydrogen-bond acceptors (Lipinski definition) is 3. The molecule has 0 saturated heterocycles. The second-order valence-corrected chi connectivity index (χ2v) is 5.19. The zero-order valence-corrected chi connectivity index (χ0v) is 11.6. The van der Waals surface area contributed by atoms with Crippen LogP contribution in [0.3, 0.4) is 0 Å². The van der Waals surface area contributed by atoms with Gasteiger partial charge in [0.15, 0.2) is 0 Å². The molecule has 1 aliphatic rings. The number of allylic oxidation sites excluding steroid dienone is 1. The van der Waals surface area contributed by atoms with Crippen molar-refractivity contribution in [1.29, 1.82) is 0 Å². The second kappa shape index (κ2) is 4.96. The SMILES string of the molecule is C/C(=C\C1=C(C(=O)O)C(C)(C)OC1=O)c1ccccc1. The topological polar surface area (TPSA) is 63.6 Å². The first-order valence-electron chi connectivity index (χ1n) is 6.28. The Balaban J connectivity index is 2.52. The van der Waals surface area contributed by atoms with Crippen LogP contribution in [0.2, 0.25) is 0 Å². The van der Waals surface area contributed by atoms with Gasteiger partial charge in [0.25, 0.3) is 0 Å². The molecule has 20 heavy (non-hydrogen) atoms. The van der Waals surface area contributed by atoms with E-state index in [-0.39, 0.29) is 11.1 Å². The van der Waals surface area contributed by atoms with E-state index in [0.717, 1.165) is 11.1 Å². The zero-order chi connectivity index (χ0) is 14.9. The summed E-state index contributed by atoms with van der Waals surface area (Å²) in [4.78, 5) is 23.3. The smallest absolute Gasteiger partial charge is 0.339 e. The van der Waals surface area contributed by atoms with Crippen LogP contribution in [0, 0.1) is 0 Å². The Kier molecular flexibility index (Phi) is 3.49. The molecule has 0 aliphatic carbocycles. The summed E-state index contributed by atoms with van der Waals surface area (Å²) in [5, 5.41) is 9.30. The van der Waals surface area contributed by atoms with E-state index in [1.54, 1.807) is 19.9 Å². The molecule has 0 amide bonds. The van der Waals surface area contributed by atoms with Crippen molar-refractivity contribution < 1.29 is 19.4 Å². The van der Waals surface area contributed by atoms with Crippen molar-refractivity contribution in [2.45, 2.75) is 26.4 Å². The van der Waals surface area contributed by atoms with Gasteiger partial charge in [-0.15, -0.1) is 0 Å². The standard InChI is InChI=1S/C16H16O4/c1-10(11-7-5-4-6-8-11)9-12-13(14(17)18)16(2,3)20-15(12)19/h4-9H,1-3H3,(H,17,18)/b10-9+. The van der Waals surface area contributed by atoms with E-state index in [2.05, 4.69) is 0 Å². The Bertz CT molecular complexity index is 621. The van der Waals surface area contributed by atoms with Gasteiger partial charge < -0.3 is 9.84 Å². The molecule has 104 valence electrons. The molecule has 1 aromatic rings. The average molecular weight is 272 g/mol. The van der Waals surface area contributed by atoms with E-state index < -0.39 is 17.5 Å². The highest BCUT2D eigenvalue weighted by Crippen LogP contribution is 2.34. The molecule has 0 atom stereocenters. The third-order valence-electron chi connectivity index (χ3n) is 3.24. The summed E-state index contributed by atoms with van der Waals surface area (Å²) < 4.78 is 5.13. The average Bonchev–Trinajstić information content (AvgIpc) is 2.59. The first-order valence-corrected chi connectivity index (χ1v) is 6.28. The van der Waals surface area contributed by atoms with Crippen LogP contribution in [0.25, 0.3) is 5.57 Å². The zero-order valence-electron chi connectivity index (χ0n) is 11.6. The molecule has 0 fully saturated rings. The van der Waals surface area contributed by atoms with Crippen LogP contribution in [0.1, 0.15) is 26.3 Å². The quantitative estimate of drug-likeness (QED) is 0.859. The van der Waals surface area contributed by atoms with Gasteiger partial charge in [0.05, 0.1) is 11.1 Å². The summed E-state index contributed by atoms with van der Waals surface area (Å²) in [5.74, 6) is -1.73. The van der Waals surface area contributed by atoms with Crippen LogP contribution in [-0.2, 0) is 14.3 Å². The fourth-order valence-electron chi connectivity index (χ4n) is 2.27. The van der Waals surface area contributed by atoms with Crippen molar-refractivity contribution in [3.05, 3.63) is 53.1 Å². The molecule has 0 bridgehead atoms. The molecule has 0 spiro atoms. The summed E-state index contributed by atoms with van der Waals surface area (Å²) in [6.45, 7) is 4.99. The molecule has 1 aliphatic heterocycles. The summed E-state index contributed by atoms with van der Waals surface area (Å²) in [6.07, 6.45) is 1.58. The van der Waals surface area contributed by atoms with E-state index >= 15 is 0 Å². The number of carboxylic acids is 1. The van der Waals surface area contributed by atoms with E-state index in [1.807, 2.05) is 37.3 Å². The molecular formula is C16H16O4. The summed E-state index contributed by atoms with van der Waals surface area (Å²) in [7, 11) is 0. The predicted octanol–water partition coefficient (Wildman–Crippen LogP) is 2.81. The Morgan fingerprint density at radius 2 is 1.85 bits per heavy atom. The van der Waals surface area contributed by atoms with Crippen LogP contribution >= 0.6 is 0 Å². The Labute approximate surface area is 117 Å². The number of aliphatic carboxylic acids is 1. The number of hydrogen-bond donors (Lipinski definition) is 1. The number of esters is 1. The minimum absolute atomic E-state index is 0.00205. The van der Waals surface area contributed by atoms with Crippen LogP contribution < -0.4 is 0 Å². The van der Waals surface area contributed by atoms with Crippen LogP contribution in [0.5, 0.6) is 0 Å². The molecular weight excluding hydrogens is 256 g/mol. The van der Waals surface area contributed by atoms with Gasteiger partial charge in [0.1, 0.15) is 5.60 Å². The number of ether oxygens (including phenoxy) is 1. The largest absolute Gasteiger partial charge is 0.478 e. The Hall–Kier alpha value is -2.36. The van der Waals surface area contributed by atoms with Crippen LogP contribution in [0.4, 0.5) is 0 Å². The van der Waals surface area contributed by atoms with Gasteiger partial charge in [0, 0.05) is 0 Å². The number of cyclic esters (lactones) is 1. The number of carbonyl (C=O) groups excluding carboxylic acids is 1. The molecule has 4 heteroatoms. The van der Waals surface area contributed by atoms with E-state index in [0.29, 0.717) is 0 Å². The van der Waals surface area contributed by atoms with Crippen molar-refractivity contribution in [1.82, 2.24) is 0 Å². The molecule has 1 aromatic carbocycles. The van der Waals surface area contributed by atoms with Crippen molar-refractivity contribution in [3.8, 4) is 0 Å². The van der Waals surface area contributed by atoms with Crippen molar-refractivity contribution in [2.24, 2.45) is 0 Å². The Morgan fingerprint density at radius 1 is 1.25 bits per heavy atom. The van der Waals surface area contributed by atoms with E-state index in [4.69, 9.17) is 4.74 Å². The minimum atomic E-state index is -1.13. The first kappa shape index (κ1) is 14.1. The van der Waals surface area contributed by atoms with Crippen LogP contribution in [-0.4, -0.2) is 22.6 Å². The van der Waals surface area contributed by atoms with Crippen molar-refractivity contribution in [2.75, 3.05) is 0 Å². The second-order valence-electron chi connectivity index (χ2n) is 5.19. The fraction of sp³-hybridized carbons (Fsp3) is 0.250. The number of benzene rings is 1. The molecule has 1 heterocycles. The molecule has 1 N–H and O–H groups in total. The maximum absolute atomic E-state index is 11.9. The van der Waals surface area contributed by atoms with Gasteiger partial charge in [-0.2, -0.15) is 0 Å². The fourth-order valence-corrected chi connectivity index (χ4v) is 2.27. The lowest BCUT2D eigenvalue weighted by atomic mass is 9.94. The highest BCUT2D eigenvalue weighted by Gasteiger charge is 2.43. The van der Waals surface area contributed by atoms with Gasteiger partial charge in [-0.1, -0.05) is 30.3 Å². The summed E-state index contributed by atoms with van der Waals surface area (Å²) >= 11 is 0. The first-order chi connectivity index (χ1) is 9.33. The summed E-state index contributed by atoms with van der Waals surface area (Å²) in [5.41, 5.74) is 0.754. The summed E-state index contributed by atoms with van der Waals surface area (Å²) in [6, 6.07) is 9.47. The predicted molar refractivity (Wildman–Crippen MR) is 74.9 cm³/mol. The monoisotopic (exact) mass is 272 g/mol. The lowest BCUT2D eigenvalue weighted by Gasteiger charge is -2.17. The normalized spacial score (nSPS) is 18.1. The molecule has 0 saturated carbocycles. The maximum atomic E-state index is 11.9. The van der Waals surface area contributed by atoms with Gasteiger partial charge in [0.2, 0.25) is 0 Å². The van der Waals surface area contributed by atoms with E-state index in [1.165, 1.54) is 0 Å². The minimum Gasteiger partial charge on any atom is -0.478 e. The van der Waals surface area contributed by atoms with Gasteiger partial charge in [-0.25, -0.2) is 9.59 Å².